The van der Waals surface area contributed by atoms with Crippen molar-refractivity contribution < 1.29 is 5.11 Å². The first-order chi connectivity index (χ1) is 6.56. The molecule has 0 radical (unpaired) electrons. The Morgan fingerprint density at radius 2 is 2.00 bits per heavy atom. The number of nitriles is 1. The molecule has 0 aliphatic rings. The van der Waals surface area contributed by atoms with E-state index in [4.69, 9.17) is 11.0 Å². The summed E-state index contributed by atoms with van der Waals surface area (Å²) in [5.41, 5.74) is 6.28. The van der Waals surface area contributed by atoms with E-state index in [0.717, 1.165) is 8.95 Å². The third-order valence-corrected chi connectivity index (χ3v) is 3.62. The quantitative estimate of drug-likeness (QED) is 0.880. The summed E-state index contributed by atoms with van der Waals surface area (Å²) in [6.45, 7) is 0. The first-order valence-electron chi connectivity index (χ1n) is 3.86. The van der Waals surface area contributed by atoms with Crippen LogP contribution in [-0.2, 0) is 0 Å². The van der Waals surface area contributed by atoms with Gasteiger partial charge in [0.25, 0.3) is 0 Å². The molecule has 5 heteroatoms. The highest BCUT2D eigenvalue weighted by Crippen LogP contribution is 2.33. The van der Waals surface area contributed by atoms with Gasteiger partial charge in [-0.15, -0.1) is 0 Å². The van der Waals surface area contributed by atoms with Crippen molar-refractivity contribution in [1.82, 2.24) is 0 Å². The number of aromatic hydroxyl groups is 1. The number of nitrogens with zero attached hydrogens (tertiary/aromatic N) is 1. The molecule has 0 saturated heterocycles. The average Bonchev–Trinajstić information content (AvgIpc) is 2.11. The second-order valence-electron chi connectivity index (χ2n) is 2.79. The molecule has 0 spiro atoms. The number of rotatable bonds is 2. The molecule has 0 aliphatic heterocycles. The highest BCUT2D eigenvalue weighted by molar-refractivity contribution is 9.13. The summed E-state index contributed by atoms with van der Waals surface area (Å²) in [6, 6.07) is 4.77. The largest absolute Gasteiger partial charge is 0.508 e. The Morgan fingerprint density at radius 1 is 1.43 bits per heavy atom. The molecule has 1 aromatic rings. The molecule has 74 valence electrons. The third-order valence-electron chi connectivity index (χ3n) is 1.78. The van der Waals surface area contributed by atoms with Crippen LogP contribution in [0.5, 0.6) is 5.75 Å². The maximum absolute atomic E-state index is 9.57. The highest BCUT2D eigenvalue weighted by atomic mass is 79.9. The molecule has 0 aliphatic carbocycles. The van der Waals surface area contributed by atoms with Crippen LogP contribution < -0.4 is 5.73 Å². The standard InChI is InChI=1S/C9H8Br2N2O/c10-6-3-5(8(13)1-2-12)9(14)4-7(6)11/h3-4,8,14H,1,13H2/t8-/m1/s1. The summed E-state index contributed by atoms with van der Waals surface area (Å²) in [4.78, 5) is 0. The van der Waals surface area contributed by atoms with Crippen molar-refractivity contribution in [2.45, 2.75) is 12.5 Å². The third kappa shape index (κ3) is 2.47. The molecule has 0 unspecified atom stereocenters. The minimum atomic E-state index is -0.454. The maximum atomic E-state index is 9.57. The number of hydrogen-bond donors (Lipinski definition) is 2. The Hall–Kier alpha value is -0.570. The van der Waals surface area contributed by atoms with E-state index < -0.39 is 6.04 Å². The summed E-state index contributed by atoms with van der Waals surface area (Å²) in [6.07, 6.45) is 0.182. The molecule has 0 aromatic heterocycles. The van der Waals surface area contributed by atoms with E-state index in [-0.39, 0.29) is 12.2 Å². The fourth-order valence-corrected chi connectivity index (χ4v) is 1.75. The van der Waals surface area contributed by atoms with Gasteiger partial charge in [-0.05, 0) is 44.0 Å². The van der Waals surface area contributed by atoms with Gasteiger partial charge in [0.2, 0.25) is 0 Å². The Morgan fingerprint density at radius 3 is 2.57 bits per heavy atom. The van der Waals surface area contributed by atoms with E-state index in [1.165, 1.54) is 0 Å². The molecule has 0 amide bonds. The van der Waals surface area contributed by atoms with Crippen molar-refractivity contribution in [2.75, 3.05) is 0 Å². The molecule has 0 heterocycles. The van der Waals surface area contributed by atoms with Crippen LogP contribution in [0.15, 0.2) is 21.1 Å². The van der Waals surface area contributed by atoms with E-state index in [2.05, 4.69) is 31.9 Å². The topological polar surface area (TPSA) is 70.0 Å². The van der Waals surface area contributed by atoms with Gasteiger partial charge >= 0.3 is 0 Å². The zero-order valence-electron chi connectivity index (χ0n) is 7.17. The van der Waals surface area contributed by atoms with Gasteiger partial charge in [-0.1, -0.05) is 0 Å². The van der Waals surface area contributed by atoms with Crippen molar-refractivity contribution in [2.24, 2.45) is 5.73 Å². The van der Waals surface area contributed by atoms with Crippen LogP contribution in [0.3, 0.4) is 0 Å². The molecular weight excluding hydrogens is 312 g/mol. The van der Waals surface area contributed by atoms with E-state index in [0.29, 0.717) is 5.56 Å². The molecule has 14 heavy (non-hydrogen) atoms. The maximum Gasteiger partial charge on any atom is 0.121 e. The lowest BCUT2D eigenvalue weighted by Gasteiger charge is -2.11. The average molecular weight is 320 g/mol. The Labute approximate surface area is 98.8 Å². The van der Waals surface area contributed by atoms with Crippen molar-refractivity contribution in [3.8, 4) is 11.8 Å². The Balaban J connectivity index is 3.10. The normalized spacial score (nSPS) is 12.1. The van der Waals surface area contributed by atoms with Crippen LogP contribution >= 0.6 is 31.9 Å². The van der Waals surface area contributed by atoms with Gasteiger partial charge in [-0.3, -0.25) is 0 Å². The molecule has 1 aromatic carbocycles. The number of nitrogens with two attached hydrogens (primary N) is 1. The lowest BCUT2D eigenvalue weighted by molar-refractivity contribution is 0.461. The summed E-state index contributed by atoms with van der Waals surface area (Å²) in [5, 5.41) is 18.1. The zero-order chi connectivity index (χ0) is 10.7. The van der Waals surface area contributed by atoms with Crippen LogP contribution in [0, 0.1) is 11.3 Å². The van der Waals surface area contributed by atoms with Crippen molar-refractivity contribution in [3.05, 3.63) is 26.6 Å². The molecule has 0 fully saturated rings. The number of halogens is 2. The van der Waals surface area contributed by atoms with Gasteiger partial charge in [0.15, 0.2) is 0 Å². The minimum absolute atomic E-state index is 0.0998. The number of phenolic OH excluding ortho intramolecular Hbond substituents is 1. The first-order valence-corrected chi connectivity index (χ1v) is 5.45. The lowest BCUT2D eigenvalue weighted by Crippen LogP contribution is -2.09. The molecule has 3 N–H and O–H groups in total. The van der Waals surface area contributed by atoms with E-state index >= 15 is 0 Å². The monoisotopic (exact) mass is 318 g/mol. The SMILES string of the molecule is N#CC[C@@H](N)c1cc(Br)c(Br)cc1O. The van der Waals surface area contributed by atoms with Crippen molar-refractivity contribution >= 4 is 31.9 Å². The highest BCUT2D eigenvalue weighted by Gasteiger charge is 2.12. The fourth-order valence-electron chi connectivity index (χ4n) is 1.06. The molecule has 3 nitrogen and oxygen atoms in total. The van der Waals surface area contributed by atoms with Crippen LogP contribution in [0.2, 0.25) is 0 Å². The van der Waals surface area contributed by atoms with E-state index in [1.807, 2.05) is 6.07 Å². The number of hydrogen-bond acceptors (Lipinski definition) is 3. The minimum Gasteiger partial charge on any atom is -0.508 e. The second kappa shape index (κ2) is 4.78. The van der Waals surface area contributed by atoms with Crippen LogP contribution in [-0.4, -0.2) is 5.11 Å². The van der Waals surface area contributed by atoms with Crippen molar-refractivity contribution in [3.63, 3.8) is 0 Å². The van der Waals surface area contributed by atoms with E-state index in [9.17, 15) is 5.11 Å². The van der Waals surface area contributed by atoms with Crippen LogP contribution in [0.1, 0.15) is 18.0 Å². The van der Waals surface area contributed by atoms with Gasteiger partial charge in [0, 0.05) is 20.6 Å². The number of benzene rings is 1. The van der Waals surface area contributed by atoms with Gasteiger partial charge < -0.3 is 10.8 Å². The van der Waals surface area contributed by atoms with E-state index in [1.54, 1.807) is 12.1 Å². The Bertz CT molecular complexity index is 387. The predicted molar refractivity (Wildman–Crippen MR) is 60.7 cm³/mol. The summed E-state index contributed by atoms with van der Waals surface area (Å²) in [7, 11) is 0. The van der Waals surface area contributed by atoms with Gasteiger partial charge in [0.1, 0.15) is 5.75 Å². The smallest absolute Gasteiger partial charge is 0.121 e. The number of phenols is 1. The summed E-state index contributed by atoms with van der Waals surface area (Å²) in [5.74, 6) is 0.0998. The van der Waals surface area contributed by atoms with Crippen molar-refractivity contribution in [1.29, 1.82) is 5.26 Å². The second-order valence-corrected chi connectivity index (χ2v) is 4.50. The van der Waals surface area contributed by atoms with Crippen LogP contribution in [0.25, 0.3) is 0 Å². The van der Waals surface area contributed by atoms with Gasteiger partial charge in [0.05, 0.1) is 12.5 Å². The Kier molecular flexibility index (Phi) is 3.93. The van der Waals surface area contributed by atoms with Gasteiger partial charge in [-0.25, -0.2) is 0 Å². The lowest BCUT2D eigenvalue weighted by atomic mass is 10.0. The molecule has 0 saturated carbocycles. The first kappa shape index (κ1) is 11.5. The predicted octanol–water partition coefficient (Wildman–Crippen LogP) is 2.83. The molecule has 1 rings (SSSR count). The molecule has 0 bridgehead atoms. The molecule has 1 atom stereocenters. The van der Waals surface area contributed by atoms with Crippen LogP contribution in [0.4, 0.5) is 0 Å². The molecular formula is C9H8Br2N2O. The fraction of sp³-hybridized carbons (Fsp3) is 0.222. The summed E-state index contributed by atoms with van der Waals surface area (Å²) >= 11 is 6.56. The zero-order valence-corrected chi connectivity index (χ0v) is 10.3. The summed E-state index contributed by atoms with van der Waals surface area (Å²) < 4.78 is 1.56. The van der Waals surface area contributed by atoms with Gasteiger partial charge in [-0.2, -0.15) is 5.26 Å².